The van der Waals surface area contributed by atoms with Gasteiger partial charge in [-0.05, 0) is 55.3 Å². The number of carbonyl (C=O) groups is 2. The fourth-order valence-electron chi connectivity index (χ4n) is 3.15. The van der Waals surface area contributed by atoms with Crippen LogP contribution in [0.3, 0.4) is 0 Å². The molecule has 1 saturated heterocycles. The van der Waals surface area contributed by atoms with Gasteiger partial charge in [0.2, 0.25) is 11.8 Å². The van der Waals surface area contributed by atoms with Gasteiger partial charge >= 0.3 is 0 Å². The van der Waals surface area contributed by atoms with Gasteiger partial charge in [-0.3, -0.25) is 14.5 Å². The molecule has 0 radical (unpaired) electrons. The Balaban J connectivity index is 1.81. The molecule has 2 amide bonds. The van der Waals surface area contributed by atoms with E-state index in [0.717, 1.165) is 17.1 Å². The summed E-state index contributed by atoms with van der Waals surface area (Å²) in [7, 11) is 3.24. The molecule has 1 unspecified atom stereocenters. The lowest BCUT2D eigenvalue weighted by Gasteiger charge is -2.31. The van der Waals surface area contributed by atoms with Gasteiger partial charge in [-0.2, -0.15) is 0 Å². The van der Waals surface area contributed by atoms with Crippen LogP contribution in [0, 0.1) is 0 Å². The second-order valence-corrected chi connectivity index (χ2v) is 8.11. The van der Waals surface area contributed by atoms with E-state index < -0.39 is 5.25 Å². The number of amidine groups is 1. The molecule has 0 aromatic heterocycles. The van der Waals surface area contributed by atoms with Crippen LogP contribution in [0.5, 0.6) is 11.5 Å². The fourth-order valence-corrected chi connectivity index (χ4v) is 4.30. The van der Waals surface area contributed by atoms with Crippen molar-refractivity contribution in [2.75, 3.05) is 27.3 Å². The number of benzene rings is 2. The van der Waals surface area contributed by atoms with E-state index in [2.05, 4.69) is 10.3 Å². The largest absolute Gasteiger partial charge is 0.497 e. The SMILES string of the molecule is CCNC(=O)C1CC(=O)N(CCc2ccc(OC)cc2)C(=Nc2ccc(OC)cc2)S1. The number of thioether (sulfide) groups is 1. The van der Waals surface area contributed by atoms with E-state index in [-0.39, 0.29) is 18.2 Å². The van der Waals surface area contributed by atoms with Crippen molar-refractivity contribution in [1.29, 1.82) is 0 Å². The molecular formula is C23H27N3O4S. The third-order valence-electron chi connectivity index (χ3n) is 4.86. The number of hydrogen-bond donors (Lipinski definition) is 1. The molecule has 0 aliphatic carbocycles. The summed E-state index contributed by atoms with van der Waals surface area (Å²) in [6.45, 7) is 2.87. The predicted molar refractivity (Wildman–Crippen MR) is 123 cm³/mol. The number of rotatable bonds is 8. The molecule has 1 N–H and O–H groups in total. The molecule has 31 heavy (non-hydrogen) atoms. The summed E-state index contributed by atoms with van der Waals surface area (Å²) in [5.74, 6) is 1.28. The lowest BCUT2D eigenvalue weighted by Crippen LogP contribution is -2.47. The van der Waals surface area contributed by atoms with Crippen molar-refractivity contribution in [2.24, 2.45) is 4.99 Å². The van der Waals surface area contributed by atoms with Gasteiger partial charge in [-0.1, -0.05) is 23.9 Å². The minimum atomic E-state index is -0.485. The lowest BCUT2D eigenvalue weighted by atomic mass is 10.1. The highest BCUT2D eigenvalue weighted by Crippen LogP contribution is 2.30. The topological polar surface area (TPSA) is 80.2 Å². The quantitative estimate of drug-likeness (QED) is 0.679. The maximum absolute atomic E-state index is 12.9. The van der Waals surface area contributed by atoms with Crippen molar-refractivity contribution in [1.82, 2.24) is 10.2 Å². The Bertz CT molecular complexity index is 929. The molecule has 2 aromatic rings. The molecule has 0 saturated carbocycles. The normalized spacial score (nSPS) is 17.5. The zero-order valence-corrected chi connectivity index (χ0v) is 18.8. The van der Waals surface area contributed by atoms with E-state index in [1.807, 2.05) is 55.5 Å². The first-order valence-corrected chi connectivity index (χ1v) is 11.0. The van der Waals surface area contributed by atoms with E-state index in [1.54, 1.807) is 19.1 Å². The van der Waals surface area contributed by atoms with E-state index in [4.69, 9.17) is 9.47 Å². The van der Waals surface area contributed by atoms with Crippen LogP contribution in [0.1, 0.15) is 18.9 Å². The van der Waals surface area contributed by atoms with Crippen molar-refractivity contribution < 1.29 is 19.1 Å². The van der Waals surface area contributed by atoms with Crippen LogP contribution in [0.25, 0.3) is 0 Å². The van der Waals surface area contributed by atoms with Gasteiger partial charge in [0.25, 0.3) is 0 Å². The van der Waals surface area contributed by atoms with Crippen LogP contribution >= 0.6 is 11.8 Å². The highest BCUT2D eigenvalue weighted by molar-refractivity contribution is 8.15. The van der Waals surface area contributed by atoms with E-state index in [1.165, 1.54) is 11.8 Å². The first-order chi connectivity index (χ1) is 15.0. The van der Waals surface area contributed by atoms with Crippen LogP contribution in [0.4, 0.5) is 5.69 Å². The number of methoxy groups -OCH3 is 2. The molecule has 1 atom stereocenters. The maximum Gasteiger partial charge on any atom is 0.234 e. The third kappa shape index (κ3) is 6.01. The third-order valence-corrected chi connectivity index (χ3v) is 6.05. The Labute approximate surface area is 186 Å². The Kier molecular flexibility index (Phi) is 7.94. The summed E-state index contributed by atoms with van der Waals surface area (Å²) in [5, 5.41) is 2.85. The molecule has 8 heteroatoms. The second-order valence-electron chi connectivity index (χ2n) is 6.94. The second kappa shape index (κ2) is 10.9. The number of aliphatic imine (C=N–C) groups is 1. The van der Waals surface area contributed by atoms with Gasteiger partial charge in [0.15, 0.2) is 5.17 Å². The predicted octanol–water partition coefficient (Wildman–Crippen LogP) is 3.40. The van der Waals surface area contributed by atoms with Crippen LogP contribution in [-0.2, 0) is 16.0 Å². The molecular weight excluding hydrogens is 414 g/mol. The highest BCUT2D eigenvalue weighted by atomic mass is 32.2. The van der Waals surface area contributed by atoms with Crippen LogP contribution < -0.4 is 14.8 Å². The maximum atomic E-state index is 12.9. The van der Waals surface area contributed by atoms with Crippen LogP contribution in [0.15, 0.2) is 53.5 Å². The van der Waals surface area contributed by atoms with E-state index in [9.17, 15) is 9.59 Å². The minimum Gasteiger partial charge on any atom is -0.497 e. The zero-order valence-electron chi connectivity index (χ0n) is 18.0. The number of carbonyl (C=O) groups excluding carboxylic acids is 2. The van der Waals surface area contributed by atoms with Gasteiger partial charge in [-0.25, -0.2) is 4.99 Å². The molecule has 164 valence electrons. The van der Waals surface area contributed by atoms with Crippen molar-refractivity contribution in [3.8, 4) is 11.5 Å². The summed E-state index contributed by atoms with van der Waals surface area (Å²) >= 11 is 1.33. The van der Waals surface area contributed by atoms with Gasteiger partial charge < -0.3 is 14.8 Å². The summed E-state index contributed by atoms with van der Waals surface area (Å²) in [5.41, 5.74) is 1.79. The Morgan fingerprint density at radius 3 is 2.29 bits per heavy atom. The van der Waals surface area contributed by atoms with E-state index in [0.29, 0.717) is 30.4 Å². The minimum absolute atomic E-state index is 0.101. The molecule has 2 aromatic carbocycles. The monoisotopic (exact) mass is 441 g/mol. The zero-order chi connectivity index (χ0) is 22.2. The first-order valence-electron chi connectivity index (χ1n) is 10.1. The number of amides is 2. The van der Waals surface area contributed by atoms with Crippen molar-refractivity contribution in [2.45, 2.75) is 25.0 Å². The summed E-state index contributed by atoms with van der Waals surface area (Å²) in [6, 6.07) is 15.1. The molecule has 1 aliphatic heterocycles. The molecule has 1 fully saturated rings. The summed E-state index contributed by atoms with van der Waals surface area (Å²) in [4.78, 5) is 31.7. The van der Waals surface area contributed by atoms with Crippen molar-refractivity contribution >= 4 is 34.4 Å². The van der Waals surface area contributed by atoms with Crippen LogP contribution in [-0.4, -0.2) is 54.4 Å². The Morgan fingerprint density at radius 1 is 1.10 bits per heavy atom. The molecule has 3 rings (SSSR count). The van der Waals surface area contributed by atoms with Crippen molar-refractivity contribution in [3.63, 3.8) is 0 Å². The molecule has 1 heterocycles. The lowest BCUT2D eigenvalue weighted by molar-refractivity contribution is -0.130. The Morgan fingerprint density at radius 2 is 1.71 bits per heavy atom. The molecule has 7 nitrogen and oxygen atoms in total. The average molecular weight is 442 g/mol. The van der Waals surface area contributed by atoms with Gasteiger partial charge in [0, 0.05) is 19.5 Å². The summed E-state index contributed by atoms with van der Waals surface area (Å²) in [6.07, 6.45) is 0.824. The first kappa shape index (κ1) is 22.7. The number of nitrogens with zero attached hydrogens (tertiary/aromatic N) is 2. The standard InChI is InChI=1S/C23H27N3O4S/c1-4-24-22(28)20-15-21(27)26(14-13-16-5-9-18(29-2)10-6-16)23(31-20)25-17-7-11-19(30-3)12-8-17/h5-12,20H,4,13-15H2,1-3H3,(H,24,28). The smallest absolute Gasteiger partial charge is 0.234 e. The highest BCUT2D eigenvalue weighted by Gasteiger charge is 2.35. The fraction of sp³-hybridized carbons (Fsp3) is 0.348. The molecule has 0 spiro atoms. The van der Waals surface area contributed by atoms with Crippen LogP contribution in [0.2, 0.25) is 0 Å². The number of ether oxygens (including phenoxy) is 2. The average Bonchev–Trinajstić information content (AvgIpc) is 2.79. The van der Waals surface area contributed by atoms with Gasteiger partial charge in [0.05, 0.1) is 25.2 Å². The Hall–Kier alpha value is -3.00. The summed E-state index contributed by atoms with van der Waals surface area (Å²) < 4.78 is 10.4. The van der Waals surface area contributed by atoms with Gasteiger partial charge in [-0.15, -0.1) is 0 Å². The molecule has 0 bridgehead atoms. The van der Waals surface area contributed by atoms with Gasteiger partial charge in [0.1, 0.15) is 11.5 Å². The number of hydrogen-bond acceptors (Lipinski definition) is 6. The van der Waals surface area contributed by atoms with Crippen molar-refractivity contribution in [3.05, 3.63) is 54.1 Å². The number of nitrogens with one attached hydrogen (secondary N) is 1. The van der Waals surface area contributed by atoms with E-state index >= 15 is 0 Å². The molecule has 1 aliphatic rings.